The molecule has 0 spiro atoms. The Morgan fingerprint density at radius 3 is 2.79 bits per heavy atom. The fourth-order valence-electron chi connectivity index (χ4n) is 1.93. The van der Waals surface area contributed by atoms with E-state index in [-0.39, 0.29) is 6.10 Å². The second-order valence-electron chi connectivity index (χ2n) is 4.56. The predicted molar refractivity (Wildman–Crippen MR) is 76.9 cm³/mol. The van der Waals surface area contributed by atoms with Crippen LogP contribution in [0.15, 0.2) is 24.0 Å². The van der Waals surface area contributed by atoms with Crippen molar-refractivity contribution >= 4 is 5.84 Å². The van der Waals surface area contributed by atoms with Gasteiger partial charge < -0.3 is 20.1 Å². The lowest BCUT2D eigenvalue weighted by Crippen LogP contribution is -2.20. The molecule has 0 aromatic carbocycles. The molecule has 0 saturated carbocycles. The molecule has 0 fully saturated rings. The Labute approximate surface area is 114 Å². The normalized spacial score (nSPS) is 15.3. The molecule has 2 atom stereocenters. The summed E-state index contributed by atoms with van der Waals surface area (Å²) in [5, 5.41) is 10.1. The van der Waals surface area contributed by atoms with Crippen molar-refractivity contribution in [3.8, 4) is 0 Å². The van der Waals surface area contributed by atoms with Crippen LogP contribution in [0.2, 0.25) is 0 Å². The van der Waals surface area contributed by atoms with E-state index in [0.717, 1.165) is 23.2 Å². The summed E-state index contributed by atoms with van der Waals surface area (Å²) in [4.78, 5) is 3.99. The highest BCUT2D eigenvalue weighted by Crippen LogP contribution is 2.21. The predicted octanol–water partition coefficient (Wildman–Crippen LogP) is 2.22. The van der Waals surface area contributed by atoms with Gasteiger partial charge in [-0.2, -0.15) is 0 Å². The number of aliphatic hydroxyl groups excluding tert-OH is 1. The lowest BCUT2D eigenvalue weighted by molar-refractivity contribution is -0.180. The molecule has 106 valence electrons. The van der Waals surface area contributed by atoms with Crippen LogP contribution >= 0.6 is 0 Å². The van der Waals surface area contributed by atoms with E-state index in [1.807, 2.05) is 33.9 Å². The van der Waals surface area contributed by atoms with E-state index in [1.54, 1.807) is 4.57 Å². The van der Waals surface area contributed by atoms with Crippen LogP contribution < -0.4 is 5.73 Å². The smallest absolute Gasteiger partial charge is 0.241 e. The fourth-order valence-corrected chi connectivity index (χ4v) is 1.93. The number of hydrogen-bond acceptors (Lipinski definition) is 3. The van der Waals surface area contributed by atoms with Gasteiger partial charge in [0.15, 0.2) is 0 Å². The molecule has 1 rings (SSSR count). The summed E-state index contributed by atoms with van der Waals surface area (Å²) in [5.74, 6) is 0.388. The molecule has 5 heteroatoms. The van der Waals surface area contributed by atoms with E-state index >= 15 is 0 Å². The third-order valence-corrected chi connectivity index (χ3v) is 3.13. The molecule has 0 radical (unpaired) electrons. The molecule has 0 amide bonds. The van der Waals surface area contributed by atoms with Crippen molar-refractivity contribution in [3.63, 3.8) is 0 Å². The largest absolute Gasteiger partial charge is 0.383 e. The van der Waals surface area contributed by atoms with Gasteiger partial charge in [0.2, 0.25) is 6.41 Å². The number of amidine groups is 1. The standard InChI is InChI=1S/C14H23N3O2/c1-6-10(4)19-14(18)17-8-9(3)12(11(17)5)13(15)16-7-2/h7-8,10,14,18H,2,6H2,1,3-5H3,(H2,15,16). The molecule has 5 nitrogen and oxygen atoms in total. The van der Waals surface area contributed by atoms with Crippen molar-refractivity contribution in [2.45, 2.75) is 46.6 Å². The number of aromatic nitrogens is 1. The third-order valence-electron chi connectivity index (χ3n) is 3.13. The van der Waals surface area contributed by atoms with Crippen molar-refractivity contribution in [3.05, 3.63) is 35.8 Å². The molecule has 2 unspecified atom stereocenters. The maximum absolute atomic E-state index is 10.1. The van der Waals surface area contributed by atoms with E-state index < -0.39 is 6.41 Å². The average molecular weight is 265 g/mol. The van der Waals surface area contributed by atoms with E-state index in [9.17, 15) is 5.11 Å². The lowest BCUT2D eigenvalue weighted by atomic mass is 10.1. The summed E-state index contributed by atoms with van der Waals surface area (Å²) >= 11 is 0. The van der Waals surface area contributed by atoms with Crippen molar-refractivity contribution in [1.29, 1.82) is 0 Å². The molecule has 1 heterocycles. The number of nitrogens with two attached hydrogens (primary N) is 1. The van der Waals surface area contributed by atoms with Crippen molar-refractivity contribution in [1.82, 2.24) is 4.57 Å². The van der Waals surface area contributed by atoms with Crippen LogP contribution in [0.1, 0.15) is 43.5 Å². The van der Waals surface area contributed by atoms with Crippen molar-refractivity contribution < 1.29 is 9.84 Å². The van der Waals surface area contributed by atoms with E-state index in [2.05, 4.69) is 11.6 Å². The van der Waals surface area contributed by atoms with Crippen LogP contribution in [0.5, 0.6) is 0 Å². The third kappa shape index (κ3) is 3.45. The van der Waals surface area contributed by atoms with Gasteiger partial charge in [0, 0.05) is 23.7 Å². The fraction of sp³-hybridized carbons (Fsp3) is 0.500. The molecule has 0 saturated heterocycles. The first-order chi connectivity index (χ1) is 8.92. The van der Waals surface area contributed by atoms with Gasteiger partial charge in [0.25, 0.3) is 0 Å². The minimum atomic E-state index is -1.01. The SMILES string of the molecule is C=CN=C(N)c1c(C)cn(C(O)OC(C)CC)c1C. The zero-order valence-corrected chi connectivity index (χ0v) is 12.1. The number of ether oxygens (including phenoxy) is 1. The van der Waals surface area contributed by atoms with Gasteiger partial charge >= 0.3 is 0 Å². The maximum atomic E-state index is 10.1. The minimum absolute atomic E-state index is 0.0141. The van der Waals surface area contributed by atoms with Crippen LogP contribution in [0.25, 0.3) is 0 Å². The summed E-state index contributed by atoms with van der Waals surface area (Å²) in [6.07, 6.45) is 3.02. The molecule has 1 aromatic heterocycles. The molecule has 1 aromatic rings. The molecule has 0 aliphatic carbocycles. The van der Waals surface area contributed by atoms with E-state index in [1.165, 1.54) is 6.20 Å². The molecular weight excluding hydrogens is 242 g/mol. The van der Waals surface area contributed by atoms with Gasteiger partial charge in [-0.1, -0.05) is 13.5 Å². The average Bonchev–Trinajstić information content (AvgIpc) is 2.65. The Morgan fingerprint density at radius 1 is 1.63 bits per heavy atom. The minimum Gasteiger partial charge on any atom is -0.383 e. The Balaban J connectivity index is 3.09. The van der Waals surface area contributed by atoms with Gasteiger partial charge in [0.05, 0.1) is 6.10 Å². The number of rotatable bonds is 6. The first-order valence-electron chi connectivity index (χ1n) is 6.38. The highest BCUT2D eigenvalue weighted by atomic mass is 16.6. The number of aryl methyl sites for hydroxylation is 1. The van der Waals surface area contributed by atoms with E-state index in [4.69, 9.17) is 10.5 Å². The van der Waals surface area contributed by atoms with Gasteiger partial charge in [-0.05, 0) is 32.8 Å². The second-order valence-corrected chi connectivity index (χ2v) is 4.56. The van der Waals surface area contributed by atoms with Crippen molar-refractivity contribution in [2.75, 3.05) is 0 Å². The summed E-state index contributed by atoms with van der Waals surface area (Å²) in [5.41, 5.74) is 8.46. The zero-order valence-electron chi connectivity index (χ0n) is 12.1. The molecule has 0 bridgehead atoms. The summed E-state index contributed by atoms with van der Waals surface area (Å²) in [6.45, 7) is 11.2. The number of hydrogen-bond donors (Lipinski definition) is 2. The van der Waals surface area contributed by atoms with Crippen LogP contribution in [-0.4, -0.2) is 21.6 Å². The van der Waals surface area contributed by atoms with E-state index in [0.29, 0.717) is 5.84 Å². The number of aliphatic imine (C=N–C) groups is 1. The highest BCUT2D eigenvalue weighted by Gasteiger charge is 2.18. The molecule has 3 N–H and O–H groups in total. The second kappa shape index (κ2) is 6.54. The zero-order chi connectivity index (χ0) is 14.6. The molecular formula is C14H23N3O2. The Kier molecular flexibility index (Phi) is 5.32. The Bertz CT molecular complexity index is 477. The maximum Gasteiger partial charge on any atom is 0.241 e. The van der Waals surface area contributed by atoms with Crippen LogP contribution in [0.3, 0.4) is 0 Å². The van der Waals surface area contributed by atoms with Crippen LogP contribution in [0.4, 0.5) is 0 Å². The first-order valence-corrected chi connectivity index (χ1v) is 6.38. The number of aliphatic hydroxyl groups is 1. The first kappa shape index (κ1) is 15.5. The van der Waals surface area contributed by atoms with Gasteiger partial charge in [0.1, 0.15) is 5.84 Å². The summed E-state index contributed by atoms with van der Waals surface area (Å²) < 4.78 is 7.15. The number of nitrogens with zero attached hydrogens (tertiary/aromatic N) is 2. The Morgan fingerprint density at radius 2 is 2.26 bits per heavy atom. The van der Waals surface area contributed by atoms with Crippen LogP contribution in [-0.2, 0) is 4.74 Å². The van der Waals surface area contributed by atoms with Crippen molar-refractivity contribution in [2.24, 2.45) is 10.7 Å². The monoisotopic (exact) mass is 265 g/mol. The van der Waals surface area contributed by atoms with Gasteiger partial charge in [-0.3, -0.25) is 0 Å². The molecule has 0 aliphatic heterocycles. The highest BCUT2D eigenvalue weighted by molar-refractivity contribution is 6.00. The van der Waals surface area contributed by atoms with Gasteiger partial charge in [-0.25, -0.2) is 4.99 Å². The molecule has 19 heavy (non-hydrogen) atoms. The lowest BCUT2D eigenvalue weighted by Gasteiger charge is -2.19. The quantitative estimate of drug-likeness (QED) is 0.470. The topological polar surface area (TPSA) is 72.8 Å². The summed E-state index contributed by atoms with van der Waals surface area (Å²) in [6, 6.07) is 0. The Hall–Kier alpha value is -1.59. The van der Waals surface area contributed by atoms with Gasteiger partial charge in [-0.15, -0.1) is 0 Å². The molecule has 0 aliphatic rings. The van der Waals surface area contributed by atoms with Crippen LogP contribution in [0, 0.1) is 13.8 Å². The summed E-state index contributed by atoms with van der Waals surface area (Å²) in [7, 11) is 0.